The van der Waals surface area contributed by atoms with Crippen molar-refractivity contribution in [2.24, 2.45) is 7.05 Å². The van der Waals surface area contributed by atoms with Crippen LogP contribution in [0.2, 0.25) is 0 Å². The zero-order chi connectivity index (χ0) is 12.3. The Kier molecular flexibility index (Phi) is 2.99. The van der Waals surface area contributed by atoms with Crippen LogP contribution in [0, 0.1) is 0 Å². The number of anilines is 1. The molecule has 0 unspecified atom stereocenters. The number of nitrogens with zero attached hydrogens (tertiary/aromatic N) is 5. The molecule has 90 valence electrons. The minimum Gasteiger partial charge on any atom is -0.366 e. The van der Waals surface area contributed by atoms with Gasteiger partial charge in [0.25, 0.3) is 5.91 Å². The van der Waals surface area contributed by atoms with Gasteiger partial charge in [-0.3, -0.25) is 9.89 Å². The summed E-state index contributed by atoms with van der Waals surface area (Å²) in [5, 5.41) is 16.3. The molecule has 0 saturated carbocycles. The molecule has 2 aromatic heterocycles. The van der Waals surface area contributed by atoms with E-state index in [9.17, 15) is 4.79 Å². The molecular formula is C8H12N8O. The van der Waals surface area contributed by atoms with Gasteiger partial charge in [-0.15, -0.1) is 15.3 Å². The van der Waals surface area contributed by atoms with Gasteiger partial charge in [0.05, 0.1) is 0 Å². The summed E-state index contributed by atoms with van der Waals surface area (Å²) in [5.74, 6) is 0.586. The molecule has 0 saturated heterocycles. The predicted octanol–water partition coefficient (Wildman–Crippen LogP) is -1.51. The third-order valence-electron chi connectivity index (χ3n) is 2.16. The van der Waals surface area contributed by atoms with Crippen LogP contribution in [0.5, 0.6) is 0 Å². The lowest BCUT2D eigenvalue weighted by Gasteiger charge is -2.02. The van der Waals surface area contributed by atoms with Gasteiger partial charge in [-0.25, -0.2) is 0 Å². The molecule has 0 aliphatic heterocycles. The van der Waals surface area contributed by atoms with E-state index in [1.165, 1.54) is 0 Å². The van der Waals surface area contributed by atoms with E-state index in [0.717, 1.165) is 5.82 Å². The summed E-state index contributed by atoms with van der Waals surface area (Å²) < 4.78 is 1.79. The number of aromatic amines is 1. The molecular weight excluding hydrogens is 224 g/mol. The Balaban J connectivity index is 1.83. The van der Waals surface area contributed by atoms with E-state index in [1.807, 2.05) is 7.05 Å². The summed E-state index contributed by atoms with van der Waals surface area (Å²) in [6, 6.07) is 0. The summed E-state index contributed by atoms with van der Waals surface area (Å²) >= 11 is 0. The molecule has 1 amide bonds. The van der Waals surface area contributed by atoms with Crippen molar-refractivity contribution in [1.29, 1.82) is 0 Å². The second-order valence-corrected chi connectivity index (χ2v) is 3.41. The highest BCUT2D eigenvalue weighted by Gasteiger charge is 2.10. The first-order valence-electron chi connectivity index (χ1n) is 4.96. The number of hydrogen-bond acceptors (Lipinski definition) is 6. The highest BCUT2D eigenvalue weighted by atomic mass is 16.2. The second-order valence-electron chi connectivity index (χ2n) is 3.41. The van der Waals surface area contributed by atoms with Gasteiger partial charge in [0, 0.05) is 20.0 Å². The molecule has 9 nitrogen and oxygen atoms in total. The molecule has 2 heterocycles. The second kappa shape index (κ2) is 4.60. The summed E-state index contributed by atoms with van der Waals surface area (Å²) in [7, 11) is 1.84. The fourth-order valence-electron chi connectivity index (χ4n) is 1.28. The fraction of sp³-hybridized carbons (Fsp3) is 0.375. The molecule has 2 aromatic rings. The lowest BCUT2D eigenvalue weighted by Crippen LogP contribution is -2.27. The number of rotatable bonds is 4. The molecule has 17 heavy (non-hydrogen) atoms. The molecule has 0 fully saturated rings. The lowest BCUT2D eigenvalue weighted by molar-refractivity contribution is 0.0944. The van der Waals surface area contributed by atoms with Crippen LogP contribution in [0.4, 0.5) is 5.95 Å². The third-order valence-corrected chi connectivity index (χ3v) is 2.16. The molecule has 0 spiro atoms. The van der Waals surface area contributed by atoms with E-state index in [0.29, 0.717) is 13.0 Å². The van der Waals surface area contributed by atoms with Crippen molar-refractivity contribution < 1.29 is 4.79 Å². The van der Waals surface area contributed by atoms with Crippen molar-refractivity contribution in [2.45, 2.75) is 6.42 Å². The predicted molar refractivity (Wildman–Crippen MR) is 57.8 cm³/mol. The van der Waals surface area contributed by atoms with Crippen molar-refractivity contribution in [3.63, 3.8) is 0 Å². The topological polar surface area (TPSA) is 127 Å². The van der Waals surface area contributed by atoms with Crippen LogP contribution in [0.15, 0.2) is 6.33 Å². The van der Waals surface area contributed by atoms with Crippen molar-refractivity contribution >= 4 is 11.9 Å². The van der Waals surface area contributed by atoms with Gasteiger partial charge >= 0.3 is 0 Å². The van der Waals surface area contributed by atoms with Gasteiger partial charge < -0.3 is 15.6 Å². The molecule has 0 bridgehead atoms. The number of aryl methyl sites for hydroxylation is 1. The minimum atomic E-state index is -0.351. The first-order valence-corrected chi connectivity index (χ1v) is 4.96. The maximum absolute atomic E-state index is 11.5. The Bertz CT molecular complexity index is 515. The SMILES string of the molecule is Cn1cnnc1CCNC(=O)c1nc(N)n[nH]1. The van der Waals surface area contributed by atoms with Crippen molar-refractivity contribution in [3.8, 4) is 0 Å². The molecule has 0 aliphatic rings. The average Bonchev–Trinajstić information content (AvgIpc) is 2.88. The van der Waals surface area contributed by atoms with E-state index in [2.05, 4.69) is 30.7 Å². The smallest absolute Gasteiger partial charge is 0.288 e. The van der Waals surface area contributed by atoms with Gasteiger partial charge in [-0.1, -0.05) is 0 Å². The van der Waals surface area contributed by atoms with Crippen LogP contribution in [-0.4, -0.2) is 42.4 Å². The summed E-state index contributed by atoms with van der Waals surface area (Å²) in [6.07, 6.45) is 2.19. The number of amides is 1. The Labute approximate surface area is 96.4 Å². The van der Waals surface area contributed by atoms with Crippen LogP contribution in [-0.2, 0) is 13.5 Å². The van der Waals surface area contributed by atoms with Gasteiger partial charge in [0.15, 0.2) is 0 Å². The van der Waals surface area contributed by atoms with Crippen molar-refractivity contribution in [1.82, 2.24) is 35.3 Å². The highest BCUT2D eigenvalue weighted by Crippen LogP contribution is 1.94. The number of nitrogens with one attached hydrogen (secondary N) is 2. The van der Waals surface area contributed by atoms with E-state index in [1.54, 1.807) is 10.9 Å². The summed E-state index contributed by atoms with van der Waals surface area (Å²) in [4.78, 5) is 15.2. The van der Waals surface area contributed by atoms with Crippen LogP contribution in [0.1, 0.15) is 16.4 Å². The number of carbonyl (C=O) groups is 1. The quantitative estimate of drug-likeness (QED) is 0.592. The Morgan fingerprint density at radius 3 is 3.06 bits per heavy atom. The molecule has 0 aliphatic carbocycles. The van der Waals surface area contributed by atoms with E-state index in [4.69, 9.17) is 5.73 Å². The maximum atomic E-state index is 11.5. The largest absolute Gasteiger partial charge is 0.366 e. The summed E-state index contributed by atoms with van der Waals surface area (Å²) in [5.41, 5.74) is 5.29. The van der Waals surface area contributed by atoms with Crippen LogP contribution >= 0.6 is 0 Å². The molecule has 2 rings (SSSR count). The molecule has 9 heteroatoms. The number of aromatic nitrogens is 6. The Morgan fingerprint density at radius 1 is 1.65 bits per heavy atom. The van der Waals surface area contributed by atoms with Crippen LogP contribution < -0.4 is 11.1 Å². The van der Waals surface area contributed by atoms with E-state index >= 15 is 0 Å². The Morgan fingerprint density at radius 2 is 2.47 bits per heavy atom. The van der Waals surface area contributed by atoms with Crippen LogP contribution in [0.25, 0.3) is 0 Å². The monoisotopic (exact) mass is 236 g/mol. The van der Waals surface area contributed by atoms with Crippen LogP contribution in [0.3, 0.4) is 0 Å². The number of nitrogens with two attached hydrogens (primary N) is 1. The first-order chi connectivity index (χ1) is 8.16. The third kappa shape index (κ3) is 2.56. The van der Waals surface area contributed by atoms with Crippen molar-refractivity contribution in [2.75, 3.05) is 12.3 Å². The number of carbonyl (C=O) groups excluding carboxylic acids is 1. The highest BCUT2D eigenvalue weighted by molar-refractivity contribution is 5.90. The zero-order valence-corrected chi connectivity index (χ0v) is 9.21. The van der Waals surface area contributed by atoms with Gasteiger partial charge in [-0.2, -0.15) is 4.98 Å². The van der Waals surface area contributed by atoms with Gasteiger partial charge in [0.2, 0.25) is 11.8 Å². The standard InChI is InChI=1S/C8H12N8O/c1-16-4-11-13-5(16)2-3-10-7(17)6-12-8(9)15-14-6/h4H,2-3H2,1H3,(H,10,17)(H3,9,12,14,15). The zero-order valence-electron chi connectivity index (χ0n) is 9.21. The van der Waals surface area contributed by atoms with Crippen molar-refractivity contribution in [3.05, 3.63) is 18.0 Å². The lowest BCUT2D eigenvalue weighted by atomic mass is 10.4. The summed E-state index contributed by atoms with van der Waals surface area (Å²) in [6.45, 7) is 0.436. The normalized spacial score (nSPS) is 10.4. The number of H-pyrrole nitrogens is 1. The average molecular weight is 236 g/mol. The fourth-order valence-corrected chi connectivity index (χ4v) is 1.28. The number of nitrogen functional groups attached to an aromatic ring is 1. The van der Waals surface area contributed by atoms with E-state index < -0.39 is 0 Å². The van der Waals surface area contributed by atoms with E-state index in [-0.39, 0.29) is 17.7 Å². The Hall–Kier alpha value is -2.45. The minimum absolute atomic E-state index is 0.0449. The van der Waals surface area contributed by atoms with Gasteiger partial charge in [-0.05, 0) is 0 Å². The first kappa shape index (κ1) is 11.0. The molecule has 0 atom stereocenters. The molecule has 0 radical (unpaired) electrons. The maximum Gasteiger partial charge on any atom is 0.288 e. The molecule has 4 N–H and O–H groups in total. The molecule has 0 aromatic carbocycles. The number of hydrogen-bond donors (Lipinski definition) is 3. The van der Waals surface area contributed by atoms with Gasteiger partial charge in [0.1, 0.15) is 12.2 Å².